The van der Waals surface area contributed by atoms with E-state index in [-0.39, 0.29) is 23.3 Å². The Morgan fingerprint density at radius 2 is 1.81 bits per heavy atom. The number of hydrogen-bond donors (Lipinski definition) is 0. The zero-order valence-electron chi connectivity index (χ0n) is 18.7. The van der Waals surface area contributed by atoms with Gasteiger partial charge in [0.1, 0.15) is 29.6 Å². The van der Waals surface area contributed by atoms with Crippen LogP contribution in [0.1, 0.15) is 50.7 Å². The van der Waals surface area contributed by atoms with Crippen LogP contribution >= 0.6 is 0 Å². The molecule has 0 spiro atoms. The van der Waals surface area contributed by atoms with Crippen LogP contribution in [0.3, 0.4) is 0 Å². The summed E-state index contributed by atoms with van der Waals surface area (Å²) in [6.07, 6.45) is 8.77. The summed E-state index contributed by atoms with van der Waals surface area (Å²) in [4.78, 5) is 15.3. The second-order valence-corrected chi connectivity index (χ2v) is 8.52. The number of benzene rings is 1. The van der Waals surface area contributed by atoms with E-state index in [2.05, 4.69) is 26.8 Å². The normalized spacial score (nSPS) is 19.1. The van der Waals surface area contributed by atoms with Gasteiger partial charge in [0.2, 0.25) is 11.8 Å². The molecule has 32 heavy (non-hydrogen) atoms. The summed E-state index contributed by atoms with van der Waals surface area (Å²) in [7, 11) is 0. The zero-order chi connectivity index (χ0) is 22.5. The molecule has 2 aliphatic heterocycles. The summed E-state index contributed by atoms with van der Waals surface area (Å²) < 4.78 is 39.7. The first-order valence-corrected chi connectivity index (χ1v) is 11.4. The van der Waals surface area contributed by atoms with E-state index in [4.69, 9.17) is 9.47 Å². The lowest BCUT2D eigenvalue weighted by Gasteiger charge is -2.32. The molecule has 1 atom stereocenters. The zero-order valence-corrected chi connectivity index (χ0v) is 18.7. The van der Waals surface area contributed by atoms with E-state index in [1.54, 1.807) is 0 Å². The first-order valence-electron chi connectivity index (χ1n) is 11.4. The van der Waals surface area contributed by atoms with Gasteiger partial charge in [0.15, 0.2) is 0 Å². The summed E-state index contributed by atoms with van der Waals surface area (Å²) in [5.41, 5.74) is 0.926. The quantitative estimate of drug-likeness (QED) is 0.559. The molecule has 8 heteroatoms. The van der Waals surface area contributed by atoms with Crippen LogP contribution in [0, 0.1) is 17.6 Å². The Morgan fingerprint density at radius 1 is 1.12 bits per heavy atom. The van der Waals surface area contributed by atoms with Crippen molar-refractivity contribution in [3.63, 3.8) is 0 Å². The van der Waals surface area contributed by atoms with Crippen molar-refractivity contribution in [3.8, 4) is 5.75 Å². The highest BCUT2D eigenvalue weighted by atomic mass is 19.1. The van der Waals surface area contributed by atoms with Gasteiger partial charge in [0.05, 0.1) is 12.6 Å². The minimum Gasteiger partial charge on any atom is -0.493 e. The maximum atomic E-state index is 14.4. The van der Waals surface area contributed by atoms with E-state index in [0.717, 1.165) is 56.7 Å². The molecule has 0 bridgehead atoms. The molecular weight excluding hydrogens is 414 g/mol. The number of aliphatic imine (C=N–C) groups is 1. The predicted octanol–water partition coefficient (Wildman–Crippen LogP) is 4.56. The van der Waals surface area contributed by atoms with Crippen molar-refractivity contribution in [1.82, 2.24) is 9.97 Å². The SMILES string of the molecule is CCc1cnc(N2CCC(CCCOc3cc(F)c(C4=NC(C)CO4)c(F)c3)CC2)nc1. The molecule has 1 aromatic carbocycles. The molecular formula is C24H30F2N4O2. The highest BCUT2D eigenvalue weighted by Crippen LogP contribution is 2.26. The predicted molar refractivity (Wildman–Crippen MR) is 119 cm³/mol. The number of halogens is 2. The van der Waals surface area contributed by atoms with Gasteiger partial charge in [-0.05, 0) is 50.5 Å². The fourth-order valence-corrected chi connectivity index (χ4v) is 4.13. The van der Waals surface area contributed by atoms with Crippen LogP contribution in [0.2, 0.25) is 0 Å². The minimum atomic E-state index is -0.714. The first kappa shape index (κ1) is 22.4. The maximum absolute atomic E-state index is 14.4. The molecule has 0 aliphatic carbocycles. The number of nitrogens with zero attached hydrogens (tertiary/aromatic N) is 4. The summed E-state index contributed by atoms with van der Waals surface area (Å²) in [5.74, 6) is 0.207. The van der Waals surface area contributed by atoms with Gasteiger partial charge in [0.25, 0.3) is 0 Å². The Labute approximate surface area is 187 Å². The lowest BCUT2D eigenvalue weighted by atomic mass is 9.92. The summed E-state index contributed by atoms with van der Waals surface area (Å²) in [6, 6.07) is 2.31. The third-order valence-electron chi connectivity index (χ3n) is 6.05. The Balaban J connectivity index is 1.21. The third-order valence-corrected chi connectivity index (χ3v) is 6.05. The largest absolute Gasteiger partial charge is 0.493 e. The van der Waals surface area contributed by atoms with Crippen molar-refractivity contribution >= 4 is 11.8 Å². The minimum absolute atomic E-state index is 0.0251. The van der Waals surface area contributed by atoms with Gasteiger partial charge in [-0.15, -0.1) is 0 Å². The average Bonchev–Trinajstić information content (AvgIpc) is 3.22. The molecule has 6 nitrogen and oxygen atoms in total. The highest BCUT2D eigenvalue weighted by molar-refractivity contribution is 5.95. The summed E-state index contributed by atoms with van der Waals surface area (Å²) in [6.45, 7) is 6.58. The van der Waals surface area contributed by atoms with Gasteiger partial charge < -0.3 is 14.4 Å². The lowest BCUT2D eigenvalue weighted by Crippen LogP contribution is -2.35. The van der Waals surface area contributed by atoms with Crippen LogP contribution in [-0.2, 0) is 11.2 Å². The van der Waals surface area contributed by atoms with Gasteiger partial charge in [-0.25, -0.2) is 23.7 Å². The topological polar surface area (TPSA) is 59.8 Å². The van der Waals surface area contributed by atoms with Crippen molar-refractivity contribution in [1.29, 1.82) is 0 Å². The fraction of sp³-hybridized carbons (Fsp3) is 0.542. The molecule has 0 N–H and O–H groups in total. The molecule has 1 unspecified atom stereocenters. The van der Waals surface area contributed by atoms with Crippen LogP contribution in [0.25, 0.3) is 0 Å². The van der Waals surface area contributed by atoms with Gasteiger partial charge in [-0.3, -0.25) is 0 Å². The fourth-order valence-electron chi connectivity index (χ4n) is 4.13. The Hall–Kier alpha value is -2.77. The maximum Gasteiger partial charge on any atom is 0.225 e. The van der Waals surface area contributed by atoms with Gasteiger partial charge in [-0.1, -0.05) is 6.92 Å². The number of anilines is 1. The van der Waals surface area contributed by atoms with Gasteiger partial charge in [-0.2, -0.15) is 0 Å². The lowest BCUT2D eigenvalue weighted by molar-refractivity contribution is 0.276. The van der Waals surface area contributed by atoms with E-state index in [1.165, 1.54) is 12.1 Å². The molecule has 0 radical (unpaired) electrons. The van der Waals surface area contributed by atoms with Crippen LogP contribution in [0.4, 0.5) is 14.7 Å². The number of piperidine rings is 1. The van der Waals surface area contributed by atoms with Gasteiger partial charge in [0, 0.05) is 37.6 Å². The van der Waals surface area contributed by atoms with Crippen LogP contribution in [0.5, 0.6) is 5.75 Å². The van der Waals surface area contributed by atoms with Crippen molar-refractivity contribution in [2.75, 3.05) is 31.2 Å². The standard InChI is InChI=1S/C24H30F2N4O2/c1-3-17-13-27-24(28-14-17)30-8-6-18(7-9-30)5-4-10-31-19-11-20(25)22(21(26)12-19)23-29-16(2)15-32-23/h11-14,16,18H,3-10,15H2,1-2H3. The van der Waals surface area contributed by atoms with Crippen LogP contribution in [-0.4, -0.2) is 48.2 Å². The third kappa shape index (κ3) is 5.34. The van der Waals surface area contributed by atoms with E-state index in [9.17, 15) is 8.78 Å². The van der Waals surface area contributed by atoms with Crippen LogP contribution in [0.15, 0.2) is 29.5 Å². The highest BCUT2D eigenvalue weighted by Gasteiger charge is 2.24. The molecule has 1 fully saturated rings. The number of ether oxygens (including phenoxy) is 2. The molecule has 172 valence electrons. The van der Waals surface area contributed by atoms with E-state index < -0.39 is 11.6 Å². The molecule has 0 saturated carbocycles. The van der Waals surface area contributed by atoms with Crippen LogP contribution < -0.4 is 9.64 Å². The van der Waals surface area contributed by atoms with Gasteiger partial charge >= 0.3 is 0 Å². The summed E-state index contributed by atoms with van der Waals surface area (Å²) in [5, 5.41) is 0. The van der Waals surface area contributed by atoms with E-state index >= 15 is 0 Å². The number of hydrogen-bond acceptors (Lipinski definition) is 6. The number of rotatable bonds is 8. The first-order chi connectivity index (χ1) is 15.5. The second-order valence-electron chi connectivity index (χ2n) is 8.52. The molecule has 2 aliphatic rings. The van der Waals surface area contributed by atoms with Crippen molar-refractivity contribution < 1.29 is 18.3 Å². The van der Waals surface area contributed by atoms with Crippen molar-refractivity contribution in [3.05, 3.63) is 47.3 Å². The number of aromatic nitrogens is 2. The summed E-state index contributed by atoms with van der Waals surface area (Å²) >= 11 is 0. The second kappa shape index (κ2) is 10.2. The molecule has 4 rings (SSSR count). The molecule has 1 saturated heterocycles. The number of aryl methyl sites for hydroxylation is 1. The average molecular weight is 445 g/mol. The van der Waals surface area contributed by atoms with Crippen molar-refractivity contribution in [2.24, 2.45) is 10.9 Å². The molecule has 2 aromatic rings. The Kier molecular flexibility index (Phi) is 7.17. The Bertz CT molecular complexity index is 921. The smallest absolute Gasteiger partial charge is 0.225 e. The Morgan fingerprint density at radius 3 is 2.41 bits per heavy atom. The van der Waals surface area contributed by atoms with Crippen molar-refractivity contribution in [2.45, 2.75) is 52.0 Å². The molecule has 0 amide bonds. The molecule has 1 aromatic heterocycles. The monoisotopic (exact) mass is 444 g/mol. The van der Waals surface area contributed by atoms with E-state index in [0.29, 0.717) is 19.1 Å². The molecule has 3 heterocycles. The van der Waals surface area contributed by atoms with E-state index in [1.807, 2.05) is 19.3 Å².